The van der Waals surface area contributed by atoms with Crippen LogP contribution in [0, 0.1) is 11.8 Å². The van der Waals surface area contributed by atoms with Crippen LogP contribution in [0.15, 0.2) is 0 Å². The topological polar surface area (TPSA) is 78.9 Å². The summed E-state index contributed by atoms with van der Waals surface area (Å²) in [5, 5.41) is 0. The van der Waals surface area contributed by atoms with Crippen molar-refractivity contribution in [3.05, 3.63) is 0 Å². The fourth-order valence-corrected chi connectivity index (χ4v) is 9.55. The summed E-state index contributed by atoms with van der Waals surface area (Å²) in [6.07, 6.45) is 59.5. The van der Waals surface area contributed by atoms with Gasteiger partial charge in [-0.1, -0.05) is 311 Å². The fourth-order valence-electron chi connectivity index (χ4n) is 9.55. The minimum Gasteiger partial charge on any atom is -0.462 e. The largest absolute Gasteiger partial charge is 0.462 e. The molecule has 0 aromatic rings. The van der Waals surface area contributed by atoms with Gasteiger partial charge >= 0.3 is 17.9 Å². The Hall–Kier alpha value is -1.59. The van der Waals surface area contributed by atoms with Gasteiger partial charge in [0.25, 0.3) is 0 Å². The Kier molecular flexibility index (Phi) is 53.5. The van der Waals surface area contributed by atoms with Gasteiger partial charge in [0, 0.05) is 19.3 Å². The number of carbonyl (C=O) groups is 3. The van der Waals surface area contributed by atoms with Crippen molar-refractivity contribution >= 4 is 17.9 Å². The van der Waals surface area contributed by atoms with Gasteiger partial charge in [-0.15, -0.1) is 0 Å². The van der Waals surface area contributed by atoms with Crippen molar-refractivity contribution in [3.8, 4) is 0 Å². The third-order valence-corrected chi connectivity index (χ3v) is 14.6. The average molecular weight is 962 g/mol. The van der Waals surface area contributed by atoms with Crippen LogP contribution in [-0.2, 0) is 28.6 Å². The molecule has 0 aliphatic carbocycles. The molecule has 0 radical (unpaired) electrons. The molecular formula is C62H120O6. The van der Waals surface area contributed by atoms with Crippen LogP contribution in [0.4, 0.5) is 0 Å². The molecule has 0 rings (SSSR count). The quantitative estimate of drug-likeness (QED) is 0.0343. The Morgan fingerprint density at radius 3 is 0.838 bits per heavy atom. The standard InChI is InChI=1S/C62H120O6/c1-6-8-9-10-11-12-13-20-27-32-37-42-47-52-60(63)66-55-59(68-62(65)54-49-44-39-34-29-24-19-18-22-26-31-36-41-46-51-58(5)7-2)56-67-61(64)53-48-43-38-33-28-23-17-15-14-16-21-25-30-35-40-45-50-57(3)4/h57-59H,6-56H2,1-5H3/t58?,59-/m1/s1. The van der Waals surface area contributed by atoms with Crippen LogP contribution in [0.2, 0.25) is 0 Å². The molecule has 0 amide bonds. The number of rotatable bonds is 56. The first-order valence-corrected chi connectivity index (χ1v) is 30.8. The number of esters is 3. The first-order chi connectivity index (χ1) is 33.3. The Bertz CT molecular complexity index is 1040. The Labute approximate surface area is 425 Å². The van der Waals surface area contributed by atoms with Gasteiger partial charge in [-0.05, 0) is 31.1 Å². The van der Waals surface area contributed by atoms with Crippen molar-refractivity contribution in [2.75, 3.05) is 13.2 Å². The third-order valence-electron chi connectivity index (χ3n) is 14.6. The van der Waals surface area contributed by atoms with E-state index in [4.69, 9.17) is 14.2 Å². The van der Waals surface area contributed by atoms with Crippen molar-refractivity contribution in [1.82, 2.24) is 0 Å². The molecule has 2 atom stereocenters. The highest BCUT2D eigenvalue weighted by atomic mass is 16.6. The molecule has 0 heterocycles. The van der Waals surface area contributed by atoms with Gasteiger partial charge in [-0.3, -0.25) is 14.4 Å². The zero-order chi connectivity index (χ0) is 49.6. The van der Waals surface area contributed by atoms with E-state index in [1.54, 1.807) is 0 Å². The van der Waals surface area contributed by atoms with Crippen molar-refractivity contribution < 1.29 is 28.6 Å². The van der Waals surface area contributed by atoms with Crippen LogP contribution in [0.3, 0.4) is 0 Å². The molecule has 0 spiro atoms. The number of hydrogen-bond donors (Lipinski definition) is 0. The molecule has 0 bridgehead atoms. The maximum Gasteiger partial charge on any atom is 0.306 e. The molecular weight excluding hydrogens is 841 g/mol. The summed E-state index contributed by atoms with van der Waals surface area (Å²) in [5.41, 5.74) is 0. The molecule has 6 nitrogen and oxygen atoms in total. The van der Waals surface area contributed by atoms with Gasteiger partial charge in [-0.25, -0.2) is 0 Å². The number of carbonyl (C=O) groups excluding carboxylic acids is 3. The van der Waals surface area contributed by atoms with E-state index in [-0.39, 0.29) is 31.1 Å². The lowest BCUT2D eigenvalue weighted by molar-refractivity contribution is -0.167. The minimum atomic E-state index is -0.763. The van der Waals surface area contributed by atoms with Gasteiger partial charge in [0.2, 0.25) is 0 Å². The molecule has 0 saturated carbocycles. The van der Waals surface area contributed by atoms with E-state index >= 15 is 0 Å². The Balaban J connectivity index is 4.27. The molecule has 68 heavy (non-hydrogen) atoms. The van der Waals surface area contributed by atoms with Crippen LogP contribution in [0.1, 0.15) is 349 Å². The predicted octanol–water partition coefficient (Wildman–Crippen LogP) is 20.4. The average Bonchev–Trinajstić information content (AvgIpc) is 3.32. The second kappa shape index (κ2) is 54.7. The second-order valence-electron chi connectivity index (χ2n) is 22.1. The van der Waals surface area contributed by atoms with E-state index in [9.17, 15) is 14.4 Å². The highest BCUT2D eigenvalue weighted by Gasteiger charge is 2.19. The van der Waals surface area contributed by atoms with Crippen molar-refractivity contribution in [2.24, 2.45) is 11.8 Å². The first-order valence-electron chi connectivity index (χ1n) is 30.8. The smallest absolute Gasteiger partial charge is 0.306 e. The van der Waals surface area contributed by atoms with Crippen molar-refractivity contribution in [2.45, 2.75) is 355 Å². The van der Waals surface area contributed by atoms with Crippen molar-refractivity contribution in [1.29, 1.82) is 0 Å². The summed E-state index contributed by atoms with van der Waals surface area (Å²) >= 11 is 0. The van der Waals surface area contributed by atoms with Crippen LogP contribution in [0.5, 0.6) is 0 Å². The highest BCUT2D eigenvalue weighted by molar-refractivity contribution is 5.71. The summed E-state index contributed by atoms with van der Waals surface area (Å²) in [7, 11) is 0. The highest BCUT2D eigenvalue weighted by Crippen LogP contribution is 2.19. The summed E-state index contributed by atoms with van der Waals surface area (Å²) in [4.78, 5) is 38.2. The Morgan fingerprint density at radius 2 is 0.559 bits per heavy atom. The van der Waals surface area contributed by atoms with E-state index < -0.39 is 6.10 Å². The van der Waals surface area contributed by atoms with Crippen LogP contribution in [-0.4, -0.2) is 37.2 Å². The molecule has 1 unspecified atom stereocenters. The molecule has 0 aliphatic rings. The molecule has 404 valence electrons. The minimum absolute atomic E-state index is 0.0621. The maximum absolute atomic E-state index is 12.9. The summed E-state index contributed by atoms with van der Waals surface area (Å²) in [5.74, 6) is 0.913. The number of unbranched alkanes of at least 4 members (excludes halogenated alkanes) is 40. The molecule has 6 heteroatoms. The SMILES string of the molecule is CCCCCCCCCCCCCCCC(=O)OC[C@H](COC(=O)CCCCCCCCCCCCCCCCCCC(C)C)OC(=O)CCCCCCCCCCCCCCCCC(C)CC. The van der Waals surface area contributed by atoms with Gasteiger partial charge < -0.3 is 14.2 Å². The third kappa shape index (κ3) is 53.8. The summed E-state index contributed by atoms with van der Waals surface area (Å²) < 4.78 is 16.9. The van der Waals surface area contributed by atoms with Gasteiger partial charge in [0.1, 0.15) is 13.2 Å². The number of ether oxygens (including phenoxy) is 3. The van der Waals surface area contributed by atoms with Gasteiger partial charge in [0.15, 0.2) is 6.10 Å². The lowest BCUT2D eigenvalue weighted by atomic mass is 9.99. The first kappa shape index (κ1) is 66.4. The normalized spacial score (nSPS) is 12.4. The zero-order valence-electron chi connectivity index (χ0n) is 46.7. The number of hydrogen-bond acceptors (Lipinski definition) is 6. The fraction of sp³-hybridized carbons (Fsp3) is 0.952. The van der Waals surface area contributed by atoms with Gasteiger partial charge in [-0.2, -0.15) is 0 Å². The molecule has 0 N–H and O–H groups in total. The van der Waals surface area contributed by atoms with Gasteiger partial charge in [0.05, 0.1) is 0 Å². The predicted molar refractivity (Wildman–Crippen MR) is 293 cm³/mol. The van der Waals surface area contributed by atoms with E-state index in [0.29, 0.717) is 19.3 Å². The zero-order valence-corrected chi connectivity index (χ0v) is 46.7. The van der Waals surface area contributed by atoms with E-state index in [1.165, 1.54) is 238 Å². The molecule has 0 fully saturated rings. The maximum atomic E-state index is 12.9. The van der Waals surface area contributed by atoms with Crippen LogP contribution >= 0.6 is 0 Å². The molecule has 0 aromatic heterocycles. The van der Waals surface area contributed by atoms with E-state index in [2.05, 4.69) is 34.6 Å². The molecule has 0 aromatic carbocycles. The molecule has 0 aliphatic heterocycles. The van der Waals surface area contributed by atoms with E-state index in [1.807, 2.05) is 0 Å². The monoisotopic (exact) mass is 961 g/mol. The molecule has 0 saturated heterocycles. The Morgan fingerprint density at radius 1 is 0.309 bits per heavy atom. The van der Waals surface area contributed by atoms with Crippen LogP contribution < -0.4 is 0 Å². The van der Waals surface area contributed by atoms with E-state index in [0.717, 1.165) is 69.6 Å². The van der Waals surface area contributed by atoms with Crippen LogP contribution in [0.25, 0.3) is 0 Å². The second-order valence-corrected chi connectivity index (χ2v) is 22.1. The lowest BCUT2D eigenvalue weighted by Crippen LogP contribution is -2.30. The lowest BCUT2D eigenvalue weighted by Gasteiger charge is -2.18. The summed E-state index contributed by atoms with van der Waals surface area (Å²) in [6.45, 7) is 11.5. The van der Waals surface area contributed by atoms with Crippen molar-refractivity contribution in [3.63, 3.8) is 0 Å². The summed E-state index contributed by atoms with van der Waals surface area (Å²) in [6, 6.07) is 0.